The van der Waals surface area contributed by atoms with Crippen LogP contribution in [0.25, 0.3) is 0 Å². The summed E-state index contributed by atoms with van der Waals surface area (Å²) in [4.78, 5) is 16.4. The highest BCUT2D eigenvalue weighted by Crippen LogP contribution is 2.19. The standard InChI is InChI=1S/C19H26ClN6O2S/c20-15-1-3-16(4-2-15)23-19(27)12-24-8-5-17(6-9-24)26(28)22-7-10-25-14-29-13-18(25)11-21/h1-4,17-18,22H,5-10,12-14H2,(H,23,27)/q-1. The van der Waals surface area contributed by atoms with E-state index in [1.807, 2.05) is 0 Å². The van der Waals surface area contributed by atoms with Crippen LogP contribution in [0, 0.1) is 16.5 Å². The molecule has 3 rings (SSSR count). The number of anilines is 1. The quantitative estimate of drug-likeness (QED) is 0.595. The van der Waals surface area contributed by atoms with Crippen molar-refractivity contribution in [2.45, 2.75) is 24.9 Å². The third kappa shape index (κ3) is 6.83. The average molecular weight is 438 g/mol. The Hall–Kier alpha value is -1.38. The molecule has 2 saturated heterocycles. The lowest BCUT2D eigenvalue weighted by atomic mass is 10.1. The molecule has 1 aromatic carbocycles. The number of amides is 1. The van der Waals surface area contributed by atoms with Crippen molar-refractivity contribution in [3.8, 4) is 6.07 Å². The molecule has 2 N–H and O–H groups in total. The number of carbonyl (C=O) groups is 1. The molecular weight excluding hydrogens is 412 g/mol. The Morgan fingerprint density at radius 2 is 2.07 bits per heavy atom. The number of nitriles is 1. The summed E-state index contributed by atoms with van der Waals surface area (Å²) in [5.74, 6) is 1.61. The minimum atomic E-state index is -0.0923. The molecule has 2 fully saturated rings. The molecule has 0 aromatic heterocycles. The Morgan fingerprint density at radius 3 is 2.76 bits per heavy atom. The second-order valence-corrected chi connectivity index (χ2v) is 8.69. The molecule has 1 unspecified atom stereocenters. The number of hydroxylamine groups is 1. The van der Waals surface area contributed by atoms with Gasteiger partial charge in [0.1, 0.15) is 6.04 Å². The van der Waals surface area contributed by atoms with Gasteiger partial charge in [0.15, 0.2) is 0 Å². The van der Waals surface area contributed by atoms with E-state index >= 15 is 0 Å². The van der Waals surface area contributed by atoms with E-state index in [-0.39, 0.29) is 18.0 Å². The first kappa shape index (κ1) is 22.3. The van der Waals surface area contributed by atoms with Gasteiger partial charge in [-0.3, -0.25) is 20.0 Å². The van der Waals surface area contributed by atoms with Gasteiger partial charge in [-0.25, -0.2) is 0 Å². The Labute approximate surface area is 180 Å². The topological polar surface area (TPSA) is 97.7 Å². The number of nitrogens with one attached hydrogen (secondary N) is 2. The summed E-state index contributed by atoms with van der Waals surface area (Å²) in [5, 5.41) is 25.9. The molecule has 0 aliphatic carbocycles. The number of hydrogen-bond donors (Lipinski definition) is 2. The van der Waals surface area contributed by atoms with Gasteiger partial charge in [-0.2, -0.15) is 5.26 Å². The van der Waals surface area contributed by atoms with Gasteiger partial charge < -0.3 is 15.7 Å². The molecular formula is C19H26ClN6O2S-. The predicted molar refractivity (Wildman–Crippen MR) is 116 cm³/mol. The van der Waals surface area contributed by atoms with E-state index in [1.54, 1.807) is 36.0 Å². The fraction of sp³-hybridized carbons (Fsp3) is 0.579. The minimum absolute atomic E-state index is 0.0517. The highest BCUT2D eigenvalue weighted by atomic mass is 35.5. The van der Waals surface area contributed by atoms with E-state index in [0.717, 1.165) is 22.5 Å². The van der Waals surface area contributed by atoms with Crippen molar-refractivity contribution in [1.82, 2.24) is 20.4 Å². The Kier molecular flexibility index (Phi) is 8.56. The zero-order valence-electron chi connectivity index (χ0n) is 16.2. The summed E-state index contributed by atoms with van der Waals surface area (Å²) in [6.45, 7) is 2.94. The monoisotopic (exact) mass is 437 g/mol. The van der Waals surface area contributed by atoms with E-state index in [1.165, 1.54) is 0 Å². The lowest BCUT2D eigenvalue weighted by Gasteiger charge is -2.42. The predicted octanol–water partition coefficient (Wildman–Crippen LogP) is 1.95. The van der Waals surface area contributed by atoms with Gasteiger partial charge in [0.05, 0.1) is 12.6 Å². The van der Waals surface area contributed by atoms with Crippen molar-refractivity contribution in [1.29, 1.82) is 5.26 Å². The summed E-state index contributed by atoms with van der Waals surface area (Å²) in [7, 11) is 0. The molecule has 0 bridgehead atoms. The van der Waals surface area contributed by atoms with Crippen LogP contribution in [0.2, 0.25) is 5.02 Å². The largest absolute Gasteiger partial charge is 0.771 e. The average Bonchev–Trinajstić information content (AvgIpc) is 3.17. The number of hydrazine groups is 1. The van der Waals surface area contributed by atoms with Crippen LogP contribution in [0.1, 0.15) is 12.8 Å². The van der Waals surface area contributed by atoms with Gasteiger partial charge >= 0.3 is 0 Å². The highest BCUT2D eigenvalue weighted by Gasteiger charge is 2.25. The summed E-state index contributed by atoms with van der Waals surface area (Å²) < 4.78 is 0. The second-order valence-electron chi connectivity index (χ2n) is 7.25. The molecule has 0 radical (unpaired) electrons. The van der Waals surface area contributed by atoms with E-state index < -0.39 is 0 Å². The number of carbonyl (C=O) groups excluding carboxylic acids is 1. The van der Waals surface area contributed by atoms with Crippen molar-refractivity contribution in [2.24, 2.45) is 0 Å². The normalized spacial score (nSPS) is 21.4. The molecule has 8 nitrogen and oxygen atoms in total. The molecule has 2 aliphatic rings. The number of nitrogens with zero attached hydrogens (tertiary/aromatic N) is 4. The molecule has 1 aromatic rings. The van der Waals surface area contributed by atoms with Crippen LogP contribution in [0.3, 0.4) is 0 Å². The highest BCUT2D eigenvalue weighted by molar-refractivity contribution is 7.99. The van der Waals surface area contributed by atoms with E-state index in [2.05, 4.69) is 26.6 Å². The second kappa shape index (κ2) is 11.1. The third-order valence-electron chi connectivity index (χ3n) is 5.17. The Bertz CT molecular complexity index is 708. The van der Waals surface area contributed by atoms with Crippen LogP contribution in [-0.2, 0) is 4.79 Å². The van der Waals surface area contributed by atoms with Crippen molar-refractivity contribution >= 4 is 35.0 Å². The number of halogens is 1. The van der Waals surface area contributed by atoms with E-state index in [0.29, 0.717) is 50.6 Å². The number of hydrogen-bond acceptors (Lipinski definition) is 8. The van der Waals surface area contributed by atoms with Crippen LogP contribution >= 0.6 is 23.4 Å². The molecule has 2 aliphatic heterocycles. The van der Waals surface area contributed by atoms with Crippen LogP contribution in [0.5, 0.6) is 0 Å². The number of likely N-dealkylation sites (tertiary alicyclic amines) is 1. The van der Waals surface area contributed by atoms with Gasteiger partial charge in [-0.15, -0.1) is 11.8 Å². The van der Waals surface area contributed by atoms with Crippen LogP contribution in [-0.4, -0.2) is 77.3 Å². The molecule has 1 amide bonds. The lowest BCUT2D eigenvalue weighted by Crippen LogP contribution is -2.50. The van der Waals surface area contributed by atoms with Gasteiger partial charge in [0.2, 0.25) is 5.91 Å². The first-order valence-corrected chi connectivity index (χ1v) is 11.3. The fourth-order valence-electron chi connectivity index (χ4n) is 3.50. The molecule has 10 heteroatoms. The van der Waals surface area contributed by atoms with Gasteiger partial charge in [0.25, 0.3) is 0 Å². The zero-order chi connectivity index (χ0) is 20.6. The smallest absolute Gasteiger partial charge is 0.238 e. The summed E-state index contributed by atoms with van der Waals surface area (Å²) in [6, 6.07) is 9.17. The molecule has 2 heterocycles. The van der Waals surface area contributed by atoms with Crippen LogP contribution in [0.15, 0.2) is 24.3 Å². The van der Waals surface area contributed by atoms with E-state index in [9.17, 15) is 10.0 Å². The van der Waals surface area contributed by atoms with Gasteiger partial charge in [-0.1, -0.05) is 11.6 Å². The number of thioether (sulfide) groups is 1. The Balaban J connectivity index is 1.32. The first-order chi connectivity index (χ1) is 14.0. The molecule has 0 spiro atoms. The number of piperidine rings is 1. The zero-order valence-corrected chi connectivity index (χ0v) is 17.8. The van der Waals surface area contributed by atoms with Crippen LogP contribution < -0.4 is 10.7 Å². The maximum absolute atomic E-state index is 12.3. The summed E-state index contributed by atoms with van der Waals surface area (Å²) in [6.07, 6.45) is 1.43. The molecule has 1 atom stereocenters. The molecule has 29 heavy (non-hydrogen) atoms. The maximum atomic E-state index is 12.3. The van der Waals surface area contributed by atoms with Crippen molar-refractivity contribution in [2.75, 3.05) is 49.7 Å². The third-order valence-corrected chi connectivity index (χ3v) is 6.49. The fourth-order valence-corrected chi connectivity index (χ4v) is 4.78. The van der Waals surface area contributed by atoms with Crippen molar-refractivity contribution < 1.29 is 4.79 Å². The number of rotatable bonds is 8. The van der Waals surface area contributed by atoms with Crippen molar-refractivity contribution in [3.05, 3.63) is 34.5 Å². The van der Waals surface area contributed by atoms with E-state index in [4.69, 9.17) is 16.9 Å². The minimum Gasteiger partial charge on any atom is -0.771 e. The van der Waals surface area contributed by atoms with Crippen molar-refractivity contribution in [3.63, 3.8) is 0 Å². The molecule has 0 saturated carbocycles. The first-order valence-electron chi connectivity index (χ1n) is 9.74. The number of benzene rings is 1. The van der Waals surface area contributed by atoms with Gasteiger partial charge in [0, 0.05) is 54.6 Å². The summed E-state index contributed by atoms with van der Waals surface area (Å²) >= 11 is 7.60. The summed E-state index contributed by atoms with van der Waals surface area (Å²) in [5.41, 5.74) is 3.65. The molecule has 158 valence electrons. The lowest BCUT2D eigenvalue weighted by molar-refractivity contribution is -0.117. The SMILES string of the molecule is N#CC1CSCN1CCNN([O-])C1CCN(CC(=O)Nc2ccc(Cl)cc2)CC1. The van der Waals surface area contributed by atoms with Crippen LogP contribution in [0.4, 0.5) is 5.69 Å². The van der Waals surface area contributed by atoms with Gasteiger partial charge in [-0.05, 0) is 37.1 Å². The maximum Gasteiger partial charge on any atom is 0.238 e. The Morgan fingerprint density at radius 1 is 1.34 bits per heavy atom.